The number of aliphatic hydroxyl groups excluding tert-OH is 3. The first kappa shape index (κ1) is 31.9. The van der Waals surface area contributed by atoms with Crippen LogP contribution in [0.1, 0.15) is 118 Å². The highest BCUT2D eigenvalue weighted by atomic mass is 32.2. The molecule has 0 aliphatic carbocycles. The van der Waals surface area contributed by atoms with Crippen molar-refractivity contribution in [2.75, 3.05) is 5.75 Å². The minimum Gasteiger partial charge on any atom is -0.379 e. The summed E-state index contributed by atoms with van der Waals surface area (Å²) in [6.07, 6.45) is 14.9. The van der Waals surface area contributed by atoms with Crippen molar-refractivity contribution in [2.45, 2.75) is 136 Å². The van der Waals surface area contributed by atoms with Gasteiger partial charge in [-0.2, -0.15) is 8.42 Å². The molecule has 30 heavy (non-hydrogen) atoms. The van der Waals surface area contributed by atoms with Gasteiger partial charge in [0.25, 0.3) is 10.1 Å². The summed E-state index contributed by atoms with van der Waals surface area (Å²) >= 11 is 0. The van der Waals surface area contributed by atoms with Crippen LogP contribution < -0.4 is 0 Å². The van der Waals surface area contributed by atoms with Gasteiger partial charge >= 0.3 is 0 Å². The number of hydrogen-bond donors (Lipinski definition) is 4. The molecule has 0 spiro atoms. The van der Waals surface area contributed by atoms with Crippen molar-refractivity contribution in [2.24, 2.45) is 0 Å². The van der Waals surface area contributed by atoms with Crippen molar-refractivity contribution in [3.63, 3.8) is 0 Å². The van der Waals surface area contributed by atoms with Gasteiger partial charge < -0.3 is 15.3 Å². The topological polar surface area (TPSA) is 118 Å². The van der Waals surface area contributed by atoms with Crippen LogP contribution in [0.5, 0.6) is 0 Å². The number of nitrogens with zero attached hydrogens (tertiary/aromatic N) is 1. The first-order valence-electron chi connectivity index (χ1n) is 11.8. The van der Waals surface area contributed by atoms with Gasteiger partial charge in [-0.3, -0.25) is 4.55 Å². The average molecular weight is 456 g/mol. The molecule has 8 heteroatoms. The van der Waals surface area contributed by atoms with Crippen LogP contribution in [0.25, 0.3) is 0 Å². The van der Waals surface area contributed by atoms with Crippen molar-refractivity contribution < 1.29 is 28.3 Å². The Balaban J connectivity index is 0. The lowest BCUT2D eigenvalue weighted by molar-refractivity contribution is -0.159. The number of aliphatic hydroxyl groups is 3. The summed E-state index contributed by atoms with van der Waals surface area (Å²) < 4.78 is 29.6. The molecule has 0 radical (unpaired) electrons. The summed E-state index contributed by atoms with van der Waals surface area (Å²) in [4.78, 5) is 1.17. The Bertz CT molecular complexity index is 436. The Labute approximate surface area is 185 Å². The van der Waals surface area contributed by atoms with Crippen molar-refractivity contribution in [1.82, 2.24) is 4.90 Å². The Morgan fingerprint density at radius 1 is 0.600 bits per heavy atom. The molecule has 0 amide bonds. The summed E-state index contributed by atoms with van der Waals surface area (Å²) in [7, 11) is -3.74. The largest absolute Gasteiger partial charge is 0.379 e. The fraction of sp³-hybridized carbons (Fsp3) is 1.00. The predicted octanol–water partition coefficient (Wildman–Crippen LogP) is 4.66. The van der Waals surface area contributed by atoms with Gasteiger partial charge in [-0.25, -0.2) is 4.90 Å². The van der Waals surface area contributed by atoms with Crippen LogP contribution in [0, 0.1) is 0 Å². The maximum Gasteiger partial charge on any atom is 0.264 e. The normalized spacial score (nSPS) is 14.8. The molecule has 0 aliphatic rings. The molecule has 0 heterocycles. The standard InChI is InChI=1S/C16H34O3S.C6H15NO3/c1-2-3-4-5-6-7-8-9-10-11-12-13-14-15-16-20(17,18)19;1-4(8)7(5(2)9)6(3)10/h2-16H2,1H3,(H,17,18,19);4-6,8-10H,1-3H3. The van der Waals surface area contributed by atoms with Crippen LogP contribution in [0.4, 0.5) is 0 Å². The van der Waals surface area contributed by atoms with Gasteiger partial charge in [-0.1, -0.05) is 90.4 Å². The summed E-state index contributed by atoms with van der Waals surface area (Å²) in [6.45, 7) is 6.71. The highest BCUT2D eigenvalue weighted by Gasteiger charge is 2.20. The van der Waals surface area contributed by atoms with Crippen LogP contribution in [0.15, 0.2) is 0 Å². The smallest absolute Gasteiger partial charge is 0.264 e. The Hall–Kier alpha value is -0.250. The third-order valence-corrected chi connectivity index (χ3v) is 5.85. The molecule has 0 aromatic rings. The zero-order valence-electron chi connectivity index (χ0n) is 19.8. The maximum absolute atomic E-state index is 10.5. The minimum absolute atomic E-state index is 0.0783. The molecule has 0 aliphatic heterocycles. The molecule has 0 aromatic carbocycles. The van der Waals surface area contributed by atoms with E-state index >= 15 is 0 Å². The lowest BCUT2D eigenvalue weighted by Crippen LogP contribution is -2.45. The Morgan fingerprint density at radius 2 is 0.867 bits per heavy atom. The fourth-order valence-electron chi connectivity index (χ4n) is 3.42. The monoisotopic (exact) mass is 455 g/mol. The molecule has 4 N–H and O–H groups in total. The van der Waals surface area contributed by atoms with Crippen LogP contribution >= 0.6 is 0 Å². The van der Waals surface area contributed by atoms with E-state index in [9.17, 15) is 8.42 Å². The van der Waals surface area contributed by atoms with E-state index in [-0.39, 0.29) is 5.75 Å². The third-order valence-electron chi connectivity index (χ3n) is 5.05. The molecular formula is C22H49NO6S. The van der Waals surface area contributed by atoms with Gasteiger partial charge in [0.2, 0.25) is 0 Å². The van der Waals surface area contributed by atoms with Crippen LogP contribution in [0.3, 0.4) is 0 Å². The number of unbranched alkanes of at least 4 members (excludes halogenated alkanes) is 13. The zero-order valence-corrected chi connectivity index (χ0v) is 20.6. The van der Waals surface area contributed by atoms with E-state index in [2.05, 4.69) is 6.92 Å². The van der Waals surface area contributed by atoms with Crippen molar-refractivity contribution >= 4 is 10.1 Å². The quantitative estimate of drug-likeness (QED) is 0.135. The number of rotatable bonds is 18. The Kier molecular flexibility index (Phi) is 22.0. The van der Waals surface area contributed by atoms with E-state index < -0.39 is 28.8 Å². The predicted molar refractivity (Wildman–Crippen MR) is 124 cm³/mol. The second-order valence-corrected chi connectivity index (χ2v) is 9.80. The minimum atomic E-state index is -3.74. The highest BCUT2D eigenvalue weighted by Crippen LogP contribution is 2.13. The molecule has 184 valence electrons. The second kappa shape index (κ2) is 20.6. The first-order chi connectivity index (χ1) is 14.0. The van der Waals surface area contributed by atoms with E-state index in [4.69, 9.17) is 19.9 Å². The van der Waals surface area contributed by atoms with Crippen LogP contribution in [-0.2, 0) is 10.1 Å². The summed E-state index contributed by atoms with van der Waals surface area (Å²) in [6, 6.07) is 0. The van der Waals surface area contributed by atoms with Gasteiger partial charge in [0.05, 0.1) is 5.75 Å². The molecule has 0 bridgehead atoms. The summed E-state index contributed by atoms with van der Waals surface area (Å²) in [5, 5.41) is 26.9. The fourth-order valence-corrected chi connectivity index (χ4v) is 3.98. The number of hydrogen-bond acceptors (Lipinski definition) is 6. The molecule has 0 fully saturated rings. The zero-order chi connectivity index (χ0) is 23.4. The lowest BCUT2D eigenvalue weighted by atomic mass is 10.0. The van der Waals surface area contributed by atoms with E-state index in [0.717, 1.165) is 12.8 Å². The molecule has 3 unspecified atom stereocenters. The van der Waals surface area contributed by atoms with Gasteiger partial charge in [0, 0.05) is 0 Å². The van der Waals surface area contributed by atoms with Gasteiger partial charge in [0.15, 0.2) is 0 Å². The third kappa shape index (κ3) is 24.0. The lowest BCUT2D eigenvalue weighted by Gasteiger charge is -2.30. The summed E-state index contributed by atoms with van der Waals surface area (Å²) in [5.74, 6) is -0.0783. The van der Waals surface area contributed by atoms with Crippen LogP contribution in [-0.4, -0.2) is 57.6 Å². The maximum atomic E-state index is 10.5. The van der Waals surface area contributed by atoms with E-state index in [1.54, 1.807) is 0 Å². The van der Waals surface area contributed by atoms with Crippen LogP contribution in [0.2, 0.25) is 0 Å². The SMILES string of the molecule is CC(O)N(C(C)O)C(C)O.CCCCCCCCCCCCCCCCS(=O)(=O)O. The van der Waals surface area contributed by atoms with Gasteiger partial charge in [-0.05, 0) is 27.2 Å². The van der Waals surface area contributed by atoms with E-state index in [1.807, 2.05) is 0 Å². The first-order valence-corrected chi connectivity index (χ1v) is 13.4. The molecule has 0 aromatic heterocycles. The highest BCUT2D eigenvalue weighted by molar-refractivity contribution is 7.85. The van der Waals surface area contributed by atoms with Gasteiger partial charge in [-0.15, -0.1) is 0 Å². The molecule has 0 saturated heterocycles. The molecule has 3 atom stereocenters. The van der Waals surface area contributed by atoms with Crippen molar-refractivity contribution in [1.29, 1.82) is 0 Å². The second-order valence-electron chi connectivity index (χ2n) is 8.23. The average Bonchev–Trinajstić information content (AvgIpc) is 2.60. The molecule has 0 saturated carbocycles. The molecular weight excluding hydrogens is 406 g/mol. The van der Waals surface area contributed by atoms with Crippen molar-refractivity contribution in [3.8, 4) is 0 Å². The Morgan fingerprint density at radius 3 is 1.07 bits per heavy atom. The molecule has 0 rings (SSSR count). The van der Waals surface area contributed by atoms with Crippen molar-refractivity contribution in [3.05, 3.63) is 0 Å². The van der Waals surface area contributed by atoms with E-state index in [1.165, 1.54) is 96.3 Å². The summed E-state index contributed by atoms with van der Waals surface area (Å²) in [5.41, 5.74) is 0. The molecule has 7 nitrogen and oxygen atoms in total. The van der Waals surface area contributed by atoms with E-state index in [0.29, 0.717) is 6.42 Å². The van der Waals surface area contributed by atoms with Gasteiger partial charge in [0.1, 0.15) is 18.7 Å².